The summed E-state index contributed by atoms with van der Waals surface area (Å²) in [6, 6.07) is 9.96. The first kappa shape index (κ1) is 16.9. The number of aryl methyl sites for hydroxylation is 1. The average molecular weight is 358 g/mol. The molecule has 2 aromatic rings. The number of benzene rings is 2. The molecule has 2 N–H and O–H groups in total. The Morgan fingerprint density at radius 2 is 1.77 bits per heavy atom. The van der Waals surface area contributed by atoms with Gasteiger partial charge in [-0.2, -0.15) is 0 Å². The third-order valence-electron chi connectivity index (χ3n) is 3.15. The number of carbonyl (C=O) groups excluding carboxylic acids is 1. The second-order valence-electron chi connectivity index (χ2n) is 4.97. The fourth-order valence-electron chi connectivity index (χ4n) is 2.01. The third kappa shape index (κ3) is 4.29. The van der Waals surface area contributed by atoms with Crippen molar-refractivity contribution < 1.29 is 4.79 Å². The topological polar surface area (TPSA) is 41.1 Å². The lowest BCUT2D eigenvalue weighted by atomic mass is 10.1. The van der Waals surface area contributed by atoms with E-state index in [1.165, 1.54) is 0 Å². The lowest BCUT2D eigenvalue weighted by molar-refractivity contribution is 0.249. The smallest absolute Gasteiger partial charge is 0.319 e. The van der Waals surface area contributed by atoms with Gasteiger partial charge in [0.05, 0.1) is 16.8 Å². The van der Waals surface area contributed by atoms with Crippen molar-refractivity contribution in [1.82, 2.24) is 5.32 Å². The van der Waals surface area contributed by atoms with Gasteiger partial charge in [0.25, 0.3) is 0 Å². The fraction of sp³-hybridized carbons (Fsp3) is 0.188. The molecule has 0 unspecified atom stereocenters. The molecule has 0 heterocycles. The van der Waals surface area contributed by atoms with Gasteiger partial charge in [-0.25, -0.2) is 4.79 Å². The second kappa shape index (κ2) is 7.23. The van der Waals surface area contributed by atoms with Gasteiger partial charge in [0.2, 0.25) is 0 Å². The molecule has 0 aliphatic rings. The van der Waals surface area contributed by atoms with E-state index >= 15 is 0 Å². The van der Waals surface area contributed by atoms with Crippen LogP contribution in [0.1, 0.15) is 24.1 Å². The van der Waals surface area contributed by atoms with E-state index in [-0.39, 0.29) is 12.1 Å². The SMILES string of the molecule is Cc1ccc(NC(=O)N[C@@H](C)c2ccc(Cl)cc2Cl)c(Cl)c1. The van der Waals surface area contributed by atoms with Crippen LogP contribution in [0.4, 0.5) is 10.5 Å². The highest BCUT2D eigenvalue weighted by Gasteiger charge is 2.13. The zero-order chi connectivity index (χ0) is 16.3. The minimum absolute atomic E-state index is 0.269. The van der Waals surface area contributed by atoms with Crippen LogP contribution in [0.2, 0.25) is 15.1 Å². The molecule has 0 bridgehead atoms. The molecule has 6 heteroatoms. The van der Waals surface area contributed by atoms with E-state index in [9.17, 15) is 4.79 Å². The monoisotopic (exact) mass is 356 g/mol. The van der Waals surface area contributed by atoms with Crippen molar-refractivity contribution >= 4 is 46.5 Å². The number of anilines is 1. The molecule has 22 heavy (non-hydrogen) atoms. The summed E-state index contributed by atoms with van der Waals surface area (Å²) in [5.74, 6) is 0. The Kier molecular flexibility index (Phi) is 5.57. The molecule has 1 atom stereocenters. The van der Waals surface area contributed by atoms with Crippen LogP contribution < -0.4 is 10.6 Å². The molecule has 116 valence electrons. The van der Waals surface area contributed by atoms with Crippen LogP contribution in [-0.2, 0) is 0 Å². The van der Waals surface area contributed by atoms with Gasteiger partial charge >= 0.3 is 6.03 Å². The number of carbonyl (C=O) groups is 1. The molecule has 0 saturated carbocycles. The van der Waals surface area contributed by atoms with Crippen molar-refractivity contribution in [3.05, 3.63) is 62.6 Å². The Labute approximate surface area is 144 Å². The van der Waals surface area contributed by atoms with Gasteiger partial charge in [0.15, 0.2) is 0 Å². The van der Waals surface area contributed by atoms with Crippen molar-refractivity contribution in [2.75, 3.05) is 5.32 Å². The zero-order valence-electron chi connectivity index (χ0n) is 12.1. The number of hydrogen-bond donors (Lipinski definition) is 2. The van der Waals surface area contributed by atoms with Crippen LogP contribution in [0.5, 0.6) is 0 Å². The molecular weight excluding hydrogens is 343 g/mol. The van der Waals surface area contributed by atoms with Crippen LogP contribution in [0.3, 0.4) is 0 Å². The minimum atomic E-state index is -0.357. The van der Waals surface area contributed by atoms with E-state index in [1.807, 2.05) is 19.9 Å². The van der Waals surface area contributed by atoms with E-state index in [1.54, 1.807) is 30.3 Å². The second-order valence-corrected chi connectivity index (χ2v) is 6.22. The first-order valence-electron chi connectivity index (χ1n) is 6.65. The number of rotatable bonds is 3. The van der Waals surface area contributed by atoms with Crippen LogP contribution in [-0.4, -0.2) is 6.03 Å². The lowest BCUT2D eigenvalue weighted by Gasteiger charge is -2.17. The van der Waals surface area contributed by atoms with Gasteiger partial charge in [-0.15, -0.1) is 0 Å². The van der Waals surface area contributed by atoms with E-state index in [4.69, 9.17) is 34.8 Å². The maximum Gasteiger partial charge on any atom is 0.319 e. The van der Waals surface area contributed by atoms with Crippen molar-refractivity contribution in [3.8, 4) is 0 Å². The Hall–Kier alpha value is -1.42. The first-order valence-corrected chi connectivity index (χ1v) is 7.79. The van der Waals surface area contributed by atoms with E-state index in [0.717, 1.165) is 11.1 Å². The highest BCUT2D eigenvalue weighted by Crippen LogP contribution is 2.26. The standard InChI is InChI=1S/C16H15Cl3N2O/c1-9-3-6-15(14(19)7-9)21-16(22)20-10(2)12-5-4-11(17)8-13(12)18/h3-8,10H,1-2H3,(H2,20,21,22)/t10-/m0/s1. The molecule has 0 saturated heterocycles. The predicted octanol–water partition coefficient (Wildman–Crippen LogP) is 5.84. The fourth-order valence-corrected chi connectivity index (χ4v) is 2.86. The van der Waals surface area contributed by atoms with E-state index < -0.39 is 0 Å². The molecule has 0 radical (unpaired) electrons. The summed E-state index contributed by atoms with van der Waals surface area (Å²) in [7, 11) is 0. The summed E-state index contributed by atoms with van der Waals surface area (Å²) in [5, 5.41) is 7.08. The quantitative estimate of drug-likeness (QED) is 0.712. The summed E-state index contributed by atoms with van der Waals surface area (Å²) < 4.78 is 0. The maximum absolute atomic E-state index is 12.1. The molecule has 0 aromatic heterocycles. The van der Waals surface area contributed by atoms with Gasteiger partial charge in [-0.05, 0) is 49.2 Å². The van der Waals surface area contributed by atoms with E-state index in [2.05, 4.69) is 10.6 Å². The summed E-state index contributed by atoms with van der Waals surface area (Å²) in [4.78, 5) is 12.1. The van der Waals surface area contributed by atoms with Crippen molar-refractivity contribution in [1.29, 1.82) is 0 Å². The van der Waals surface area contributed by atoms with Gasteiger partial charge in [-0.1, -0.05) is 46.9 Å². The third-order valence-corrected chi connectivity index (χ3v) is 4.02. The van der Waals surface area contributed by atoms with Crippen molar-refractivity contribution in [3.63, 3.8) is 0 Å². The molecule has 2 rings (SSSR count). The number of urea groups is 1. The van der Waals surface area contributed by atoms with Gasteiger partial charge in [0.1, 0.15) is 0 Å². The number of nitrogens with one attached hydrogen (secondary N) is 2. The van der Waals surface area contributed by atoms with Crippen LogP contribution in [0.25, 0.3) is 0 Å². The van der Waals surface area contributed by atoms with Crippen LogP contribution in [0.15, 0.2) is 36.4 Å². The minimum Gasteiger partial charge on any atom is -0.331 e. The largest absolute Gasteiger partial charge is 0.331 e. The summed E-state index contributed by atoms with van der Waals surface area (Å²) in [6.45, 7) is 3.77. The molecular formula is C16H15Cl3N2O. The average Bonchev–Trinajstić information content (AvgIpc) is 2.41. The molecule has 0 aliphatic heterocycles. The highest BCUT2D eigenvalue weighted by molar-refractivity contribution is 6.35. The molecule has 0 fully saturated rings. The van der Waals surface area contributed by atoms with Crippen molar-refractivity contribution in [2.45, 2.75) is 19.9 Å². The van der Waals surface area contributed by atoms with Crippen LogP contribution in [0, 0.1) is 6.92 Å². The number of halogens is 3. The Balaban J connectivity index is 2.05. The Morgan fingerprint density at radius 3 is 2.41 bits per heavy atom. The molecule has 3 nitrogen and oxygen atoms in total. The molecule has 0 aliphatic carbocycles. The normalized spacial score (nSPS) is 11.9. The van der Waals surface area contributed by atoms with Gasteiger partial charge < -0.3 is 10.6 Å². The summed E-state index contributed by atoms with van der Waals surface area (Å²) >= 11 is 18.1. The predicted molar refractivity (Wildman–Crippen MR) is 93.2 cm³/mol. The Bertz CT molecular complexity index is 704. The number of amides is 2. The van der Waals surface area contributed by atoms with Gasteiger partial charge in [-0.3, -0.25) is 0 Å². The number of hydrogen-bond acceptors (Lipinski definition) is 1. The summed E-state index contributed by atoms with van der Waals surface area (Å²) in [6.07, 6.45) is 0. The maximum atomic E-state index is 12.1. The summed E-state index contributed by atoms with van der Waals surface area (Å²) in [5.41, 5.74) is 2.37. The lowest BCUT2D eigenvalue weighted by Crippen LogP contribution is -2.31. The first-order chi connectivity index (χ1) is 10.4. The van der Waals surface area contributed by atoms with Crippen molar-refractivity contribution in [2.24, 2.45) is 0 Å². The highest BCUT2D eigenvalue weighted by atomic mass is 35.5. The van der Waals surface area contributed by atoms with E-state index in [0.29, 0.717) is 20.8 Å². The molecule has 0 spiro atoms. The van der Waals surface area contributed by atoms with Gasteiger partial charge in [0, 0.05) is 10.0 Å². The molecule has 2 amide bonds. The molecule has 2 aromatic carbocycles. The Morgan fingerprint density at radius 1 is 1.05 bits per heavy atom. The zero-order valence-corrected chi connectivity index (χ0v) is 14.4. The van der Waals surface area contributed by atoms with Crippen LogP contribution >= 0.6 is 34.8 Å².